The molecular weight excluding hydrogens is 258 g/mol. The number of quaternary nitrogens is 1. The van der Waals surface area contributed by atoms with Crippen molar-refractivity contribution in [3.63, 3.8) is 0 Å². The molecule has 0 aliphatic heterocycles. The van der Waals surface area contributed by atoms with Crippen LogP contribution in [-0.4, -0.2) is 24.4 Å². The number of aryl methyl sites for hydroxylation is 2. The molecule has 1 atom stereocenters. The SMILES string of the molecule is Cc1cc(Br)cc(C)c1OC[C@H](O)C[NH3+]. The first kappa shape index (κ1) is 12.5. The maximum atomic E-state index is 9.36. The van der Waals surface area contributed by atoms with Gasteiger partial charge >= 0.3 is 0 Å². The van der Waals surface area contributed by atoms with Gasteiger partial charge in [0.1, 0.15) is 25.0 Å². The zero-order valence-corrected chi connectivity index (χ0v) is 10.7. The first-order valence-corrected chi connectivity index (χ1v) is 5.70. The molecule has 1 rings (SSSR count). The van der Waals surface area contributed by atoms with Gasteiger partial charge in [-0.2, -0.15) is 0 Å². The number of rotatable bonds is 4. The van der Waals surface area contributed by atoms with Crippen molar-refractivity contribution in [1.82, 2.24) is 0 Å². The third-order valence-corrected chi connectivity index (χ3v) is 2.64. The largest absolute Gasteiger partial charge is 0.490 e. The standard InChI is InChI=1S/C11H16BrNO2/c1-7-3-9(12)4-8(2)11(7)15-6-10(14)5-13/h3-4,10,14H,5-6,13H2,1-2H3/p+1/t10-/m1/s1. The Kier molecular flexibility index (Phi) is 4.57. The van der Waals surface area contributed by atoms with E-state index in [0.29, 0.717) is 13.2 Å². The van der Waals surface area contributed by atoms with Crippen LogP contribution in [0.25, 0.3) is 0 Å². The van der Waals surface area contributed by atoms with Gasteiger partial charge in [-0.1, -0.05) is 15.9 Å². The van der Waals surface area contributed by atoms with E-state index in [-0.39, 0.29) is 0 Å². The van der Waals surface area contributed by atoms with Crippen LogP contribution in [0.1, 0.15) is 11.1 Å². The molecule has 4 N–H and O–H groups in total. The molecule has 15 heavy (non-hydrogen) atoms. The highest BCUT2D eigenvalue weighted by Crippen LogP contribution is 2.27. The van der Waals surface area contributed by atoms with Gasteiger partial charge in [0, 0.05) is 4.47 Å². The van der Waals surface area contributed by atoms with Crippen LogP contribution in [0.4, 0.5) is 0 Å². The number of benzene rings is 1. The number of aliphatic hydroxyl groups is 1. The van der Waals surface area contributed by atoms with E-state index in [4.69, 9.17) is 4.74 Å². The molecule has 0 amide bonds. The first-order valence-electron chi connectivity index (χ1n) is 4.91. The Balaban J connectivity index is 2.77. The molecule has 0 bridgehead atoms. The lowest BCUT2D eigenvalue weighted by atomic mass is 10.1. The number of hydrogen-bond acceptors (Lipinski definition) is 2. The Morgan fingerprint density at radius 2 is 1.93 bits per heavy atom. The summed E-state index contributed by atoms with van der Waals surface area (Å²) in [5.74, 6) is 0.853. The minimum atomic E-state index is -0.493. The molecule has 0 aliphatic rings. The van der Waals surface area contributed by atoms with Crippen molar-refractivity contribution in [3.8, 4) is 5.75 Å². The summed E-state index contributed by atoms with van der Waals surface area (Å²) in [6.45, 7) is 4.74. The number of ether oxygens (including phenoxy) is 1. The summed E-state index contributed by atoms with van der Waals surface area (Å²) in [6, 6.07) is 4.00. The second-order valence-electron chi connectivity index (χ2n) is 3.62. The van der Waals surface area contributed by atoms with E-state index >= 15 is 0 Å². The minimum absolute atomic E-state index is 0.298. The maximum absolute atomic E-state index is 9.36. The smallest absolute Gasteiger partial charge is 0.136 e. The Labute approximate surface area is 98.4 Å². The predicted molar refractivity (Wildman–Crippen MR) is 62.9 cm³/mol. The Morgan fingerprint density at radius 3 is 2.40 bits per heavy atom. The van der Waals surface area contributed by atoms with E-state index in [1.165, 1.54) is 0 Å². The highest BCUT2D eigenvalue weighted by Gasteiger charge is 2.09. The van der Waals surface area contributed by atoms with Crippen LogP contribution in [0.2, 0.25) is 0 Å². The van der Waals surface area contributed by atoms with Gasteiger partial charge in [0.25, 0.3) is 0 Å². The van der Waals surface area contributed by atoms with Gasteiger partial charge < -0.3 is 15.6 Å². The topological polar surface area (TPSA) is 57.1 Å². The number of halogens is 1. The summed E-state index contributed by atoms with van der Waals surface area (Å²) in [6.07, 6.45) is -0.493. The summed E-state index contributed by atoms with van der Waals surface area (Å²) in [5, 5.41) is 9.36. The molecule has 0 radical (unpaired) electrons. The molecule has 1 aromatic carbocycles. The summed E-state index contributed by atoms with van der Waals surface area (Å²) in [5.41, 5.74) is 5.75. The van der Waals surface area contributed by atoms with Crippen molar-refractivity contribution < 1.29 is 15.6 Å². The number of hydrogen-bond donors (Lipinski definition) is 2. The van der Waals surface area contributed by atoms with E-state index < -0.39 is 6.10 Å². The lowest BCUT2D eigenvalue weighted by Gasteiger charge is -2.14. The molecule has 3 nitrogen and oxygen atoms in total. The van der Waals surface area contributed by atoms with Crippen molar-refractivity contribution >= 4 is 15.9 Å². The highest BCUT2D eigenvalue weighted by atomic mass is 79.9. The Hall–Kier alpha value is -0.580. The van der Waals surface area contributed by atoms with Gasteiger partial charge in [0.2, 0.25) is 0 Å². The average molecular weight is 275 g/mol. The van der Waals surface area contributed by atoms with Gasteiger partial charge in [-0.15, -0.1) is 0 Å². The molecule has 0 saturated carbocycles. The third-order valence-electron chi connectivity index (χ3n) is 2.18. The normalized spacial score (nSPS) is 12.6. The molecule has 0 saturated heterocycles. The fourth-order valence-electron chi connectivity index (χ4n) is 1.39. The fraction of sp³-hybridized carbons (Fsp3) is 0.455. The van der Waals surface area contributed by atoms with Crippen LogP contribution in [0, 0.1) is 13.8 Å². The summed E-state index contributed by atoms with van der Waals surface area (Å²) in [7, 11) is 0. The first-order chi connectivity index (χ1) is 7.04. The minimum Gasteiger partial charge on any atom is -0.490 e. The highest BCUT2D eigenvalue weighted by molar-refractivity contribution is 9.10. The summed E-state index contributed by atoms with van der Waals surface area (Å²) >= 11 is 3.43. The molecule has 84 valence electrons. The summed E-state index contributed by atoms with van der Waals surface area (Å²) < 4.78 is 6.61. The predicted octanol–water partition coefficient (Wildman–Crippen LogP) is 1.05. The summed E-state index contributed by atoms with van der Waals surface area (Å²) in [4.78, 5) is 0. The van der Waals surface area contributed by atoms with Crippen LogP contribution in [0.5, 0.6) is 5.75 Å². The molecule has 0 unspecified atom stereocenters. The van der Waals surface area contributed by atoms with E-state index in [0.717, 1.165) is 21.3 Å². The lowest BCUT2D eigenvalue weighted by Crippen LogP contribution is -2.56. The molecule has 0 heterocycles. The molecule has 0 aliphatic carbocycles. The monoisotopic (exact) mass is 274 g/mol. The fourth-order valence-corrected chi connectivity index (χ4v) is 2.07. The molecule has 0 aromatic heterocycles. The van der Waals surface area contributed by atoms with Crippen molar-refractivity contribution in [3.05, 3.63) is 27.7 Å². The average Bonchev–Trinajstić information content (AvgIpc) is 2.15. The Bertz CT molecular complexity index is 318. The van der Waals surface area contributed by atoms with E-state index in [9.17, 15) is 5.11 Å². The molecule has 0 fully saturated rings. The number of aliphatic hydroxyl groups excluding tert-OH is 1. The van der Waals surface area contributed by atoms with Crippen LogP contribution in [0.3, 0.4) is 0 Å². The Morgan fingerprint density at radius 1 is 1.40 bits per heavy atom. The third kappa shape index (κ3) is 3.48. The quantitative estimate of drug-likeness (QED) is 0.863. The van der Waals surface area contributed by atoms with Crippen LogP contribution in [-0.2, 0) is 0 Å². The van der Waals surface area contributed by atoms with E-state index in [1.54, 1.807) is 0 Å². The van der Waals surface area contributed by atoms with Crippen LogP contribution >= 0.6 is 15.9 Å². The van der Waals surface area contributed by atoms with Gasteiger partial charge in [-0.05, 0) is 37.1 Å². The van der Waals surface area contributed by atoms with Crippen molar-refractivity contribution in [1.29, 1.82) is 0 Å². The van der Waals surface area contributed by atoms with E-state index in [1.807, 2.05) is 26.0 Å². The second kappa shape index (κ2) is 5.49. The van der Waals surface area contributed by atoms with Crippen molar-refractivity contribution in [2.45, 2.75) is 20.0 Å². The maximum Gasteiger partial charge on any atom is 0.136 e. The van der Waals surface area contributed by atoms with Gasteiger partial charge in [0.15, 0.2) is 0 Å². The molecule has 1 aromatic rings. The van der Waals surface area contributed by atoms with Gasteiger partial charge in [-0.25, -0.2) is 0 Å². The zero-order chi connectivity index (χ0) is 11.4. The van der Waals surface area contributed by atoms with Gasteiger partial charge in [0.05, 0.1) is 0 Å². The van der Waals surface area contributed by atoms with Crippen LogP contribution in [0.15, 0.2) is 16.6 Å². The molecular formula is C11H17BrNO2+. The van der Waals surface area contributed by atoms with E-state index in [2.05, 4.69) is 21.7 Å². The van der Waals surface area contributed by atoms with Crippen LogP contribution < -0.4 is 10.5 Å². The molecule has 4 heteroatoms. The zero-order valence-electron chi connectivity index (χ0n) is 9.09. The molecule has 0 spiro atoms. The lowest BCUT2D eigenvalue weighted by molar-refractivity contribution is -0.384. The van der Waals surface area contributed by atoms with Crippen molar-refractivity contribution in [2.24, 2.45) is 0 Å². The van der Waals surface area contributed by atoms with Gasteiger partial charge in [-0.3, -0.25) is 0 Å². The van der Waals surface area contributed by atoms with Crippen molar-refractivity contribution in [2.75, 3.05) is 13.2 Å². The second-order valence-corrected chi connectivity index (χ2v) is 4.54.